The van der Waals surface area contributed by atoms with E-state index in [0.29, 0.717) is 45.8 Å². The fourth-order valence-electron chi connectivity index (χ4n) is 3.87. The minimum absolute atomic E-state index is 0.277. The molecule has 0 fully saturated rings. The van der Waals surface area contributed by atoms with Crippen molar-refractivity contribution in [1.29, 1.82) is 0 Å². The molecule has 0 spiro atoms. The Hall–Kier alpha value is -4.40. The molecule has 0 radical (unpaired) electrons. The number of halogens is 1. The Balaban J connectivity index is 1.40. The zero-order valence-corrected chi connectivity index (χ0v) is 20.4. The van der Waals surface area contributed by atoms with E-state index in [1.807, 2.05) is 38.1 Å². The lowest BCUT2D eigenvalue weighted by Crippen LogP contribution is -2.36. The first kappa shape index (κ1) is 24.7. The van der Waals surface area contributed by atoms with Crippen molar-refractivity contribution < 1.29 is 23.5 Å². The van der Waals surface area contributed by atoms with Gasteiger partial charge < -0.3 is 25.1 Å². The smallest absolute Gasteiger partial charge is 0.255 e. The number of benzene rings is 2. The fourth-order valence-corrected chi connectivity index (χ4v) is 3.87. The Kier molecular flexibility index (Phi) is 6.91. The molecule has 4 aromatic rings. The van der Waals surface area contributed by atoms with Crippen molar-refractivity contribution in [3.8, 4) is 11.5 Å². The van der Waals surface area contributed by atoms with E-state index in [1.54, 1.807) is 24.4 Å². The zero-order chi connectivity index (χ0) is 25.9. The van der Waals surface area contributed by atoms with Gasteiger partial charge in [0, 0.05) is 40.9 Å². The van der Waals surface area contributed by atoms with Gasteiger partial charge in [-0.2, -0.15) is 4.39 Å². The number of carbonyl (C=O) groups excluding carboxylic acids is 2. The van der Waals surface area contributed by atoms with Gasteiger partial charge in [-0.05, 0) is 35.9 Å². The Labute approximate surface area is 207 Å². The topological polar surface area (TPSA) is 105 Å². The lowest BCUT2D eigenvalue weighted by Gasteiger charge is -2.26. The monoisotopic (exact) mass is 490 g/mol. The summed E-state index contributed by atoms with van der Waals surface area (Å²) in [5.41, 5.74) is 2.59. The highest BCUT2D eigenvalue weighted by Gasteiger charge is 2.23. The van der Waals surface area contributed by atoms with Crippen LogP contribution in [0.3, 0.4) is 0 Å². The van der Waals surface area contributed by atoms with Crippen LogP contribution in [0, 0.1) is 5.95 Å². The van der Waals surface area contributed by atoms with Gasteiger partial charge in [-0.3, -0.25) is 9.59 Å². The van der Waals surface area contributed by atoms with Crippen molar-refractivity contribution in [3.63, 3.8) is 0 Å². The number of H-pyrrole nitrogens is 1. The number of aromatic amines is 1. The minimum Gasteiger partial charge on any atom is -0.493 e. The molecule has 2 amide bonds. The van der Waals surface area contributed by atoms with Crippen LogP contribution in [0.1, 0.15) is 40.1 Å². The number of ether oxygens (including phenoxy) is 2. The third kappa shape index (κ3) is 5.14. The van der Waals surface area contributed by atoms with Crippen molar-refractivity contribution in [2.45, 2.75) is 19.3 Å². The number of rotatable bonds is 8. The summed E-state index contributed by atoms with van der Waals surface area (Å²) in [6.07, 6.45) is 2.90. The summed E-state index contributed by atoms with van der Waals surface area (Å²) < 4.78 is 24.0. The predicted molar refractivity (Wildman–Crippen MR) is 135 cm³/mol. The first-order valence-corrected chi connectivity index (χ1v) is 11.3. The van der Waals surface area contributed by atoms with Crippen molar-refractivity contribution in [1.82, 2.24) is 15.3 Å². The van der Waals surface area contributed by atoms with Gasteiger partial charge in [0.2, 0.25) is 5.95 Å². The molecule has 4 rings (SSSR count). The molecule has 9 heteroatoms. The van der Waals surface area contributed by atoms with Gasteiger partial charge in [0.15, 0.2) is 11.5 Å². The lowest BCUT2D eigenvalue weighted by molar-refractivity contribution is 0.0946. The standard InChI is InChI=1S/C27H27FN4O4/c1-27(2,15-31-26(34)20-13-29-21-14-30-24(28)12-19(20)21)17-6-8-18(9-7-17)32-25(33)16-5-10-22(35-3)23(11-16)36-4/h5-14,29H,15H2,1-4H3,(H,31,34)(H,32,33). The van der Waals surface area contributed by atoms with Crippen molar-refractivity contribution in [3.05, 3.63) is 83.6 Å². The van der Waals surface area contributed by atoms with Gasteiger partial charge in [-0.25, -0.2) is 4.98 Å². The van der Waals surface area contributed by atoms with Crippen LogP contribution in [0.2, 0.25) is 0 Å². The molecule has 0 atom stereocenters. The first-order chi connectivity index (χ1) is 17.2. The first-order valence-electron chi connectivity index (χ1n) is 11.3. The number of methoxy groups -OCH3 is 2. The molecule has 0 saturated carbocycles. The molecule has 0 aliphatic carbocycles. The zero-order valence-electron chi connectivity index (χ0n) is 20.4. The van der Waals surface area contributed by atoms with E-state index in [-0.39, 0.29) is 11.8 Å². The number of carbonyl (C=O) groups is 2. The molecular formula is C27H27FN4O4. The van der Waals surface area contributed by atoms with E-state index < -0.39 is 11.4 Å². The Morgan fingerprint density at radius 2 is 1.72 bits per heavy atom. The second-order valence-corrected chi connectivity index (χ2v) is 8.92. The number of nitrogens with zero attached hydrogens (tertiary/aromatic N) is 1. The molecule has 2 aromatic heterocycles. The van der Waals surface area contributed by atoms with Crippen LogP contribution in [0.25, 0.3) is 10.9 Å². The largest absolute Gasteiger partial charge is 0.493 e. The predicted octanol–water partition coefficient (Wildman–Crippen LogP) is 4.68. The molecule has 0 unspecified atom stereocenters. The van der Waals surface area contributed by atoms with Crippen LogP contribution >= 0.6 is 0 Å². The van der Waals surface area contributed by atoms with Gasteiger partial charge in [0.05, 0.1) is 31.5 Å². The molecule has 0 bridgehead atoms. The van der Waals surface area contributed by atoms with Crippen molar-refractivity contribution in [2.75, 3.05) is 26.1 Å². The summed E-state index contributed by atoms with van der Waals surface area (Å²) in [6.45, 7) is 4.36. The van der Waals surface area contributed by atoms with Crippen LogP contribution in [-0.2, 0) is 5.41 Å². The van der Waals surface area contributed by atoms with E-state index in [2.05, 4.69) is 20.6 Å². The number of hydrogen-bond donors (Lipinski definition) is 3. The van der Waals surface area contributed by atoms with Crippen molar-refractivity contribution >= 4 is 28.4 Å². The minimum atomic E-state index is -0.644. The Morgan fingerprint density at radius 1 is 1.00 bits per heavy atom. The van der Waals surface area contributed by atoms with E-state index >= 15 is 0 Å². The van der Waals surface area contributed by atoms with Gasteiger partial charge in [0.25, 0.3) is 11.8 Å². The Bertz CT molecular complexity index is 1410. The number of hydrogen-bond acceptors (Lipinski definition) is 5. The number of aromatic nitrogens is 2. The maximum Gasteiger partial charge on any atom is 0.255 e. The summed E-state index contributed by atoms with van der Waals surface area (Å²) in [6, 6.07) is 13.6. The molecule has 186 valence electrons. The molecule has 0 aliphatic heterocycles. The molecule has 3 N–H and O–H groups in total. The maximum absolute atomic E-state index is 13.5. The van der Waals surface area contributed by atoms with E-state index in [9.17, 15) is 14.0 Å². The summed E-state index contributed by atoms with van der Waals surface area (Å²) in [5.74, 6) is -0.213. The lowest BCUT2D eigenvalue weighted by atomic mass is 9.84. The number of fused-ring (bicyclic) bond motifs is 1. The Morgan fingerprint density at radius 3 is 2.42 bits per heavy atom. The van der Waals surface area contributed by atoms with Gasteiger partial charge in [-0.15, -0.1) is 0 Å². The molecule has 36 heavy (non-hydrogen) atoms. The van der Waals surface area contributed by atoms with Crippen LogP contribution in [0.4, 0.5) is 10.1 Å². The molecule has 0 aliphatic rings. The quantitative estimate of drug-likeness (QED) is 0.311. The summed E-state index contributed by atoms with van der Waals surface area (Å²) in [7, 11) is 3.05. The number of anilines is 1. The maximum atomic E-state index is 13.5. The molecular weight excluding hydrogens is 463 g/mol. The summed E-state index contributed by atoms with van der Waals surface area (Å²) >= 11 is 0. The van der Waals surface area contributed by atoms with Crippen LogP contribution in [-0.4, -0.2) is 42.5 Å². The molecule has 0 saturated heterocycles. The second kappa shape index (κ2) is 10.1. The fraction of sp³-hybridized carbons (Fsp3) is 0.222. The molecule has 8 nitrogen and oxygen atoms in total. The molecule has 2 aromatic carbocycles. The van der Waals surface area contributed by atoms with Gasteiger partial charge >= 0.3 is 0 Å². The normalized spacial score (nSPS) is 11.2. The van der Waals surface area contributed by atoms with Crippen molar-refractivity contribution in [2.24, 2.45) is 0 Å². The van der Waals surface area contributed by atoms with E-state index in [0.717, 1.165) is 5.56 Å². The average Bonchev–Trinajstić information content (AvgIpc) is 3.30. The number of nitrogens with one attached hydrogen (secondary N) is 3. The van der Waals surface area contributed by atoms with Crippen LogP contribution < -0.4 is 20.1 Å². The summed E-state index contributed by atoms with van der Waals surface area (Å²) in [4.78, 5) is 32.0. The van der Waals surface area contributed by atoms with Crippen LogP contribution in [0.15, 0.2) is 60.9 Å². The highest BCUT2D eigenvalue weighted by atomic mass is 19.1. The average molecular weight is 491 g/mol. The number of pyridine rings is 1. The SMILES string of the molecule is COc1ccc(C(=O)Nc2ccc(C(C)(C)CNC(=O)c3c[nH]c4cnc(F)cc34)cc2)cc1OC. The summed E-state index contributed by atoms with van der Waals surface area (Å²) in [5, 5.41) is 6.28. The highest BCUT2D eigenvalue weighted by molar-refractivity contribution is 6.06. The van der Waals surface area contributed by atoms with Gasteiger partial charge in [0.1, 0.15) is 0 Å². The van der Waals surface area contributed by atoms with E-state index in [1.165, 1.54) is 26.5 Å². The third-order valence-electron chi connectivity index (χ3n) is 6.04. The van der Waals surface area contributed by atoms with Gasteiger partial charge in [-0.1, -0.05) is 26.0 Å². The van der Waals surface area contributed by atoms with Crippen LogP contribution in [0.5, 0.6) is 11.5 Å². The molecule has 2 heterocycles. The second-order valence-electron chi connectivity index (χ2n) is 8.92. The highest BCUT2D eigenvalue weighted by Crippen LogP contribution is 2.28. The third-order valence-corrected chi connectivity index (χ3v) is 6.04. The number of amides is 2. The van der Waals surface area contributed by atoms with E-state index in [4.69, 9.17) is 9.47 Å².